The van der Waals surface area contributed by atoms with Crippen molar-refractivity contribution in [1.82, 2.24) is 0 Å². The summed E-state index contributed by atoms with van der Waals surface area (Å²) in [7, 11) is 0. The van der Waals surface area contributed by atoms with Crippen LogP contribution in [-0.2, 0) is 6.42 Å². The maximum atomic E-state index is 12.3. The number of rotatable bonds is 5. The van der Waals surface area contributed by atoms with Crippen molar-refractivity contribution in [2.24, 2.45) is 5.41 Å². The van der Waals surface area contributed by atoms with E-state index in [0.717, 1.165) is 12.1 Å². The van der Waals surface area contributed by atoms with Crippen LogP contribution >= 0.6 is 11.6 Å². The number of hydrogen-bond donors (Lipinski definition) is 0. The van der Waals surface area contributed by atoms with Crippen LogP contribution in [0.1, 0.15) is 18.4 Å². The van der Waals surface area contributed by atoms with Gasteiger partial charge in [0.25, 0.3) is 5.69 Å². The molecule has 0 aliphatic rings. The summed E-state index contributed by atoms with van der Waals surface area (Å²) in [5, 5.41) is 28.7. The second kappa shape index (κ2) is 6.63. The van der Waals surface area contributed by atoms with Crippen LogP contribution in [-0.4, -0.2) is 11.1 Å². The molecular formula is C13H9ClF3N3O2. The highest BCUT2D eigenvalue weighted by molar-refractivity contribution is 6.31. The van der Waals surface area contributed by atoms with Gasteiger partial charge in [0.05, 0.1) is 22.1 Å². The van der Waals surface area contributed by atoms with Crippen LogP contribution in [0.5, 0.6) is 0 Å². The molecule has 1 aromatic rings. The van der Waals surface area contributed by atoms with Crippen molar-refractivity contribution in [2.45, 2.75) is 25.4 Å². The molecule has 1 aromatic carbocycles. The first-order valence-electron chi connectivity index (χ1n) is 5.94. The third kappa shape index (κ3) is 4.61. The van der Waals surface area contributed by atoms with E-state index in [1.807, 2.05) is 0 Å². The molecule has 0 saturated heterocycles. The number of halogens is 4. The first-order chi connectivity index (χ1) is 10.1. The lowest BCUT2D eigenvalue weighted by Crippen LogP contribution is -2.23. The number of alkyl halides is 3. The largest absolute Gasteiger partial charge is 0.389 e. The van der Waals surface area contributed by atoms with Gasteiger partial charge in [-0.25, -0.2) is 0 Å². The van der Waals surface area contributed by atoms with Gasteiger partial charge in [0.1, 0.15) is 5.41 Å². The molecule has 116 valence electrons. The van der Waals surface area contributed by atoms with Crippen molar-refractivity contribution < 1.29 is 18.1 Å². The number of benzene rings is 1. The van der Waals surface area contributed by atoms with E-state index in [4.69, 9.17) is 22.1 Å². The Hall–Kier alpha value is -2.32. The summed E-state index contributed by atoms with van der Waals surface area (Å²) in [6.07, 6.45) is -6.80. The molecule has 0 heterocycles. The highest BCUT2D eigenvalue weighted by Crippen LogP contribution is 2.35. The van der Waals surface area contributed by atoms with E-state index in [0.29, 0.717) is 0 Å². The summed E-state index contributed by atoms with van der Waals surface area (Å²) in [5.74, 6) is 0. The minimum absolute atomic E-state index is 0.0731. The highest BCUT2D eigenvalue weighted by Gasteiger charge is 2.37. The summed E-state index contributed by atoms with van der Waals surface area (Å²) in [6.45, 7) is 0. The Labute approximate surface area is 128 Å². The van der Waals surface area contributed by atoms with Crippen molar-refractivity contribution >= 4 is 17.3 Å². The van der Waals surface area contributed by atoms with Gasteiger partial charge in [-0.2, -0.15) is 23.7 Å². The standard InChI is InChI=1S/C13H9ClF3N3O2/c14-11-5-10(20(21)22)2-1-9(11)6-12(7-18,8-19)3-4-13(15,16)17/h1-2,5H,3-4,6H2. The highest BCUT2D eigenvalue weighted by atomic mass is 35.5. The third-order valence-corrected chi connectivity index (χ3v) is 3.35. The van der Waals surface area contributed by atoms with Gasteiger partial charge in [-0.05, 0) is 12.0 Å². The molecular weight excluding hydrogens is 323 g/mol. The third-order valence-electron chi connectivity index (χ3n) is 3.00. The zero-order valence-corrected chi connectivity index (χ0v) is 11.8. The summed E-state index contributed by atoms with van der Waals surface area (Å²) in [4.78, 5) is 9.91. The summed E-state index contributed by atoms with van der Waals surface area (Å²) < 4.78 is 36.9. The predicted octanol–water partition coefficient (Wildman–Crippen LogP) is 4.17. The Morgan fingerprint density at radius 3 is 2.23 bits per heavy atom. The monoisotopic (exact) mass is 331 g/mol. The van der Waals surface area contributed by atoms with E-state index in [1.54, 1.807) is 12.1 Å². The Bertz CT molecular complexity index is 648. The normalized spacial score (nSPS) is 11.5. The molecule has 0 aromatic heterocycles. The topological polar surface area (TPSA) is 90.7 Å². The molecule has 0 unspecified atom stereocenters. The van der Waals surface area contributed by atoms with Crippen molar-refractivity contribution in [3.05, 3.63) is 38.9 Å². The lowest BCUT2D eigenvalue weighted by atomic mass is 9.80. The van der Waals surface area contributed by atoms with Crippen LogP contribution in [0.25, 0.3) is 0 Å². The van der Waals surface area contributed by atoms with Crippen molar-refractivity contribution in [1.29, 1.82) is 10.5 Å². The number of nitrogens with zero attached hydrogens (tertiary/aromatic N) is 3. The maximum absolute atomic E-state index is 12.3. The first kappa shape index (κ1) is 17.7. The molecule has 0 radical (unpaired) electrons. The number of nitro groups is 1. The number of hydrogen-bond acceptors (Lipinski definition) is 4. The average molecular weight is 332 g/mol. The minimum Gasteiger partial charge on any atom is -0.258 e. The Kier molecular flexibility index (Phi) is 5.34. The molecule has 0 fully saturated rings. The molecule has 1 rings (SSSR count). The Morgan fingerprint density at radius 1 is 1.23 bits per heavy atom. The maximum Gasteiger partial charge on any atom is 0.389 e. The van der Waals surface area contributed by atoms with E-state index in [2.05, 4.69) is 0 Å². The van der Waals surface area contributed by atoms with Gasteiger partial charge < -0.3 is 0 Å². The van der Waals surface area contributed by atoms with Crippen molar-refractivity contribution in [3.63, 3.8) is 0 Å². The van der Waals surface area contributed by atoms with Crippen LogP contribution < -0.4 is 0 Å². The summed E-state index contributed by atoms with van der Waals surface area (Å²) in [6, 6.07) is 6.57. The van der Waals surface area contributed by atoms with Gasteiger partial charge in [0.15, 0.2) is 0 Å². The quantitative estimate of drug-likeness (QED) is 0.598. The number of non-ortho nitro benzene ring substituents is 1. The molecule has 0 atom stereocenters. The van der Waals surface area contributed by atoms with Crippen LogP contribution in [0.4, 0.5) is 18.9 Å². The molecule has 0 bridgehead atoms. The van der Waals surface area contributed by atoms with E-state index >= 15 is 0 Å². The molecule has 0 amide bonds. The van der Waals surface area contributed by atoms with Crippen LogP contribution in [0, 0.1) is 38.2 Å². The van der Waals surface area contributed by atoms with E-state index in [-0.39, 0.29) is 22.7 Å². The summed E-state index contributed by atoms with van der Waals surface area (Å²) >= 11 is 5.84. The minimum atomic E-state index is -4.49. The van der Waals surface area contributed by atoms with Gasteiger partial charge in [-0.1, -0.05) is 17.7 Å². The van der Waals surface area contributed by atoms with Gasteiger partial charge in [0, 0.05) is 25.0 Å². The van der Waals surface area contributed by atoms with Gasteiger partial charge in [-0.3, -0.25) is 10.1 Å². The molecule has 0 N–H and O–H groups in total. The molecule has 22 heavy (non-hydrogen) atoms. The fourth-order valence-electron chi connectivity index (χ4n) is 1.78. The zero-order chi connectivity index (χ0) is 17.0. The zero-order valence-electron chi connectivity index (χ0n) is 11.0. The van der Waals surface area contributed by atoms with Crippen molar-refractivity contribution in [2.75, 3.05) is 0 Å². The molecule has 0 aliphatic heterocycles. The van der Waals surface area contributed by atoms with Gasteiger partial charge in [0.2, 0.25) is 0 Å². The smallest absolute Gasteiger partial charge is 0.258 e. The molecule has 0 saturated carbocycles. The predicted molar refractivity (Wildman–Crippen MR) is 70.8 cm³/mol. The van der Waals surface area contributed by atoms with Gasteiger partial charge in [-0.15, -0.1) is 0 Å². The van der Waals surface area contributed by atoms with Crippen LogP contribution in [0.15, 0.2) is 18.2 Å². The molecule has 0 spiro atoms. The fourth-order valence-corrected chi connectivity index (χ4v) is 2.02. The Balaban J connectivity index is 3.04. The fraction of sp³-hybridized carbons (Fsp3) is 0.385. The second-order valence-electron chi connectivity index (χ2n) is 4.63. The lowest BCUT2D eigenvalue weighted by molar-refractivity contribution is -0.384. The first-order valence-corrected chi connectivity index (χ1v) is 6.32. The van der Waals surface area contributed by atoms with Crippen molar-refractivity contribution in [3.8, 4) is 12.1 Å². The molecule has 5 nitrogen and oxygen atoms in total. The lowest BCUT2D eigenvalue weighted by Gasteiger charge is -2.20. The van der Waals surface area contributed by atoms with E-state index < -0.39 is 29.4 Å². The van der Waals surface area contributed by atoms with Gasteiger partial charge >= 0.3 is 6.18 Å². The summed E-state index contributed by atoms with van der Waals surface area (Å²) in [5.41, 5.74) is -1.98. The molecule has 0 aliphatic carbocycles. The Morgan fingerprint density at radius 2 is 1.82 bits per heavy atom. The average Bonchev–Trinajstić information content (AvgIpc) is 2.44. The SMILES string of the molecule is N#CC(C#N)(CCC(F)(F)F)Cc1ccc([N+](=O)[O-])cc1Cl. The van der Waals surface area contributed by atoms with E-state index in [1.165, 1.54) is 6.07 Å². The number of nitriles is 2. The van der Waals surface area contributed by atoms with E-state index in [9.17, 15) is 23.3 Å². The molecule has 9 heteroatoms. The van der Waals surface area contributed by atoms with Crippen LogP contribution in [0.2, 0.25) is 5.02 Å². The number of nitro benzene ring substituents is 1. The van der Waals surface area contributed by atoms with Crippen LogP contribution in [0.3, 0.4) is 0 Å². The second-order valence-corrected chi connectivity index (χ2v) is 5.04.